The average Bonchev–Trinajstić information content (AvgIpc) is 2.14. The quantitative estimate of drug-likeness (QED) is 0.677. The summed E-state index contributed by atoms with van der Waals surface area (Å²) in [6, 6.07) is 0.587. The van der Waals surface area contributed by atoms with E-state index in [4.69, 9.17) is 12.2 Å². The topological polar surface area (TPSA) is 27.3 Å². The number of hydrogen-bond acceptors (Lipinski definition) is 2. The van der Waals surface area contributed by atoms with E-state index in [1.54, 1.807) is 0 Å². The Morgan fingerprint density at radius 2 is 1.80 bits per heavy atom. The Bertz CT molecular complexity index is 181. The molecule has 0 atom stereocenters. The lowest BCUT2D eigenvalue weighted by atomic mass is 10.2. The largest absolute Gasteiger partial charge is 0.362 e. The van der Waals surface area contributed by atoms with Gasteiger partial charge in [-0.2, -0.15) is 0 Å². The summed E-state index contributed by atoms with van der Waals surface area (Å²) in [7, 11) is 2.12. The molecule has 0 aliphatic carbocycles. The zero-order valence-corrected chi connectivity index (χ0v) is 11.4. The molecule has 0 saturated heterocycles. The number of hydrogen-bond donors (Lipinski definition) is 2. The van der Waals surface area contributed by atoms with Gasteiger partial charge in [0.2, 0.25) is 0 Å². The molecule has 2 N–H and O–H groups in total. The molecule has 0 rings (SSSR count). The highest BCUT2D eigenvalue weighted by molar-refractivity contribution is 7.80. The molecule has 0 aromatic rings. The summed E-state index contributed by atoms with van der Waals surface area (Å²) in [6.45, 7) is 11.6. The minimum atomic E-state index is 0.587. The highest BCUT2D eigenvalue weighted by Gasteiger charge is 2.02. The van der Waals surface area contributed by atoms with E-state index in [1.165, 1.54) is 0 Å². The number of nitrogens with zero attached hydrogens (tertiary/aromatic N) is 1. The predicted octanol–water partition coefficient (Wildman–Crippen LogP) is 1.45. The first-order valence-electron chi connectivity index (χ1n) is 5.65. The van der Waals surface area contributed by atoms with E-state index in [0.29, 0.717) is 12.0 Å². The van der Waals surface area contributed by atoms with Crippen LogP contribution in [-0.2, 0) is 0 Å². The third-order valence-corrected chi connectivity index (χ3v) is 2.59. The number of thiocarbonyl (C=S) groups is 1. The molecule has 0 fully saturated rings. The average molecular weight is 231 g/mol. The third-order valence-electron chi connectivity index (χ3n) is 2.30. The Morgan fingerprint density at radius 3 is 2.27 bits per heavy atom. The second kappa shape index (κ2) is 7.88. The summed E-state index contributed by atoms with van der Waals surface area (Å²) in [4.78, 5) is 2.29. The van der Waals surface area contributed by atoms with Crippen molar-refractivity contribution in [2.24, 2.45) is 5.92 Å². The summed E-state index contributed by atoms with van der Waals surface area (Å²) in [5.74, 6) is 0.628. The van der Waals surface area contributed by atoms with Crippen LogP contribution in [0.4, 0.5) is 0 Å². The van der Waals surface area contributed by atoms with Crippen molar-refractivity contribution in [3.63, 3.8) is 0 Å². The first-order chi connectivity index (χ1) is 6.93. The van der Waals surface area contributed by atoms with Gasteiger partial charge in [0, 0.05) is 25.7 Å². The molecule has 3 nitrogen and oxygen atoms in total. The zero-order valence-electron chi connectivity index (χ0n) is 10.6. The maximum Gasteiger partial charge on any atom is 0.166 e. The van der Waals surface area contributed by atoms with Crippen LogP contribution in [-0.4, -0.2) is 42.7 Å². The summed E-state index contributed by atoms with van der Waals surface area (Å²) in [6.07, 6.45) is 0. The van der Waals surface area contributed by atoms with Gasteiger partial charge in [0.15, 0.2) is 5.11 Å². The molecular formula is C11H25N3S. The monoisotopic (exact) mass is 231 g/mol. The molecule has 0 aromatic carbocycles. The van der Waals surface area contributed by atoms with Crippen molar-refractivity contribution in [1.29, 1.82) is 0 Å². The van der Waals surface area contributed by atoms with Gasteiger partial charge in [-0.05, 0) is 39.0 Å². The van der Waals surface area contributed by atoms with Gasteiger partial charge in [-0.3, -0.25) is 0 Å². The van der Waals surface area contributed by atoms with Crippen molar-refractivity contribution in [1.82, 2.24) is 15.5 Å². The first kappa shape index (κ1) is 14.6. The van der Waals surface area contributed by atoms with Gasteiger partial charge >= 0.3 is 0 Å². The molecule has 0 bridgehead atoms. The van der Waals surface area contributed by atoms with Gasteiger partial charge in [-0.1, -0.05) is 13.8 Å². The van der Waals surface area contributed by atoms with Crippen LogP contribution in [0, 0.1) is 5.92 Å². The molecule has 0 unspecified atom stereocenters. The molecule has 0 spiro atoms. The molecule has 0 aliphatic heterocycles. The van der Waals surface area contributed by atoms with Gasteiger partial charge in [0.05, 0.1) is 0 Å². The normalized spacial score (nSPS) is 11.2. The van der Waals surface area contributed by atoms with E-state index in [2.05, 4.69) is 50.3 Å². The summed E-state index contributed by atoms with van der Waals surface area (Å²) in [5.41, 5.74) is 0. The van der Waals surface area contributed by atoms with Crippen molar-refractivity contribution in [3.05, 3.63) is 0 Å². The second-order valence-corrected chi connectivity index (χ2v) is 5.01. The van der Waals surface area contributed by atoms with E-state index in [0.717, 1.165) is 24.7 Å². The third kappa shape index (κ3) is 8.63. The lowest BCUT2D eigenvalue weighted by Crippen LogP contribution is -2.41. The summed E-state index contributed by atoms with van der Waals surface area (Å²) >= 11 is 5.15. The maximum absolute atomic E-state index is 5.15. The SMILES string of the molecule is CC(C)CNC(=S)NCCN(C)C(C)C. The highest BCUT2D eigenvalue weighted by Crippen LogP contribution is 1.91. The molecule has 0 aromatic heterocycles. The van der Waals surface area contributed by atoms with E-state index in [1.807, 2.05) is 0 Å². The Hall–Kier alpha value is -0.350. The molecule has 0 heterocycles. The van der Waals surface area contributed by atoms with Crippen molar-refractivity contribution < 1.29 is 0 Å². The van der Waals surface area contributed by atoms with Crippen LogP contribution in [0.25, 0.3) is 0 Å². The zero-order chi connectivity index (χ0) is 11.8. The lowest BCUT2D eigenvalue weighted by molar-refractivity contribution is 0.278. The van der Waals surface area contributed by atoms with E-state index in [9.17, 15) is 0 Å². The van der Waals surface area contributed by atoms with Crippen molar-refractivity contribution in [2.75, 3.05) is 26.7 Å². The van der Waals surface area contributed by atoms with Crippen LogP contribution < -0.4 is 10.6 Å². The van der Waals surface area contributed by atoms with E-state index >= 15 is 0 Å². The fraction of sp³-hybridized carbons (Fsp3) is 0.909. The van der Waals surface area contributed by atoms with E-state index < -0.39 is 0 Å². The molecule has 0 aliphatic rings. The molecule has 0 radical (unpaired) electrons. The number of nitrogens with one attached hydrogen (secondary N) is 2. The Labute approximate surface area is 99.6 Å². The molecule has 0 saturated carbocycles. The first-order valence-corrected chi connectivity index (χ1v) is 6.06. The van der Waals surface area contributed by atoms with Crippen LogP contribution >= 0.6 is 12.2 Å². The van der Waals surface area contributed by atoms with Crippen molar-refractivity contribution >= 4 is 17.3 Å². The smallest absolute Gasteiger partial charge is 0.166 e. The van der Waals surface area contributed by atoms with Crippen LogP contribution in [0.2, 0.25) is 0 Å². The Balaban J connectivity index is 3.47. The maximum atomic E-state index is 5.15. The van der Waals surface area contributed by atoms with Crippen LogP contribution in [0.3, 0.4) is 0 Å². The highest BCUT2D eigenvalue weighted by atomic mass is 32.1. The predicted molar refractivity (Wildman–Crippen MR) is 71.2 cm³/mol. The summed E-state index contributed by atoms with van der Waals surface area (Å²) in [5, 5.41) is 7.15. The lowest BCUT2D eigenvalue weighted by Gasteiger charge is -2.21. The molecule has 15 heavy (non-hydrogen) atoms. The molecule has 4 heteroatoms. The fourth-order valence-electron chi connectivity index (χ4n) is 0.963. The van der Waals surface area contributed by atoms with Crippen molar-refractivity contribution in [2.45, 2.75) is 33.7 Å². The van der Waals surface area contributed by atoms with Crippen LogP contribution in [0.15, 0.2) is 0 Å². The Kier molecular flexibility index (Phi) is 7.70. The molecule has 0 amide bonds. The number of rotatable bonds is 6. The van der Waals surface area contributed by atoms with Crippen molar-refractivity contribution in [3.8, 4) is 0 Å². The number of likely N-dealkylation sites (N-methyl/N-ethyl adjacent to an activating group) is 1. The van der Waals surface area contributed by atoms with Crippen LogP contribution in [0.1, 0.15) is 27.7 Å². The summed E-state index contributed by atoms with van der Waals surface area (Å²) < 4.78 is 0. The van der Waals surface area contributed by atoms with E-state index in [-0.39, 0.29) is 0 Å². The van der Waals surface area contributed by atoms with Gasteiger partial charge in [0.25, 0.3) is 0 Å². The Morgan fingerprint density at radius 1 is 1.20 bits per heavy atom. The molecule has 90 valence electrons. The second-order valence-electron chi connectivity index (χ2n) is 4.61. The molecular weight excluding hydrogens is 206 g/mol. The van der Waals surface area contributed by atoms with Gasteiger partial charge in [-0.25, -0.2) is 0 Å². The minimum Gasteiger partial charge on any atom is -0.362 e. The van der Waals surface area contributed by atoms with Gasteiger partial charge < -0.3 is 15.5 Å². The fourth-order valence-corrected chi connectivity index (χ4v) is 1.15. The van der Waals surface area contributed by atoms with Crippen LogP contribution in [0.5, 0.6) is 0 Å². The minimum absolute atomic E-state index is 0.587. The van der Waals surface area contributed by atoms with Gasteiger partial charge in [0.1, 0.15) is 0 Å². The van der Waals surface area contributed by atoms with Gasteiger partial charge in [-0.15, -0.1) is 0 Å². The standard InChI is InChI=1S/C11H25N3S/c1-9(2)8-13-11(15)12-6-7-14(5)10(3)4/h9-10H,6-8H2,1-5H3,(H2,12,13,15).